The average Bonchev–Trinajstić information content (AvgIpc) is 3.30. The molecule has 0 aromatic carbocycles. The number of hydrogen-bond donors (Lipinski definition) is 0. The fourth-order valence-corrected chi connectivity index (χ4v) is 5.36. The van der Waals surface area contributed by atoms with Crippen molar-refractivity contribution in [2.24, 2.45) is 13.0 Å². The van der Waals surface area contributed by atoms with Crippen LogP contribution in [-0.2, 0) is 19.9 Å². The van der Waals surface area contributed by atoms with E-state index in [-0.39, 0.29) is 0 Å². The molecule has 0 saturated heterocycles. The summed E-state index contributed by atoms with van der Waals surface area (Å²) in [6.07, 6.45) is 6.48. The van der Waals surface area contributed by atoms with Gasteiger partial charge in [0.15, 0.2) is 11.3 Å². The molecule has 0 spiro atoms. The molecule has 0 N–H and O–H groups in total. The number of rotatable bonds is 2. The Labute approximate surface area is 159 Å². The molecule has 0 unspecified atom stereocenters. The molecule has 4 heterocycles. The summed E-state index contributed by atoms with van der Waals surface area (Å²) in [5.41, 5.74) is 3.80. The highest BCUT2D eigenvalue weighted by molar-refractivity contribution is 7.19. The first-order valence-corrected chi connectivity index (χ1v) is 10.1. The largest absolute Gasteiger partial charge is 0.271 e. The van der Waals surface area contributed by atoms with Crippen molar-refractivity contribution in [1.82, 2.24) is 29.4 Å². The number of aryl methyl sites for hydroxylation is 2. The molecule has 4 aromatic rings. The van der Waals surface area contributed by atoms with Gasteiger partial charge in [0.2, 0.25) is 5.82 Å². The van der Waals surface area contributed by atoms with E-state index in [0.717, 1.165) is 40.3 Å². The van der Waals surface area contributed by atoms with Crippen LogP contribution in [0.3, 0.4) is 0 Å². The number of fused-ring (bicyclic) bond motifs is 5. The van der Waals surface area contributed by atoms with Crippen LogP contribution >= 0.6 is 22.9 Å². The normalized spacial score (nSPS) is 17.3. The van der Waals surface area contributed by atoms with Gasteiger partial charge < -0.3 is 0 Å². The summed E-state index contributed by atoms with van der Waals surface area (Å²) >= 11 is 8.24. The van der Waals surface area contributed by atoms with Gasteiger partial charge in [0.1, 0.15) is 11.2 Å². The van der Waals surface area contributed by atoms with Crippen LogP contribution in [0.4, 0.5) is 0 Å². The van der Waals surface area contributed by atoms with Gasteiger partial charge in [-0.1, -0.05) is 24.9 Å². The summed E-state index contributed by atoms with van der Waals surface area (Å²) < 4.78 is 3.52. The molecule has 0 amide bonds. The van der Waals surface area contributed by atoms with Gasteiger partial charge in [0.25, 0.3) is 0 Å². The SMILES string of the molecule is CC[C@@H]1CCc2c(sc3ncn4nc(-c5nn(C)c(C)c5Cl)nc4c23)C1. The zero-order valence-corrected chi connectivity index (χ0v) is 16.5. The molecule has 8 heteroatoms. The molecule has 0 saturated carbocycles. The fraction of sp³-hybridized carbons (Fsp3) is 0.444. The lowest BCUT2D eigenvalue weighted by molar-refractivity contribution is 0.451. The number of thiophene rings is 1. The van der Waals surface area contributed by atoms with E-state index in [0.29, 0.717) is 16.5 Å². The smallest absolute Gasteiger partial charge is 0.204 e. The Bertz CT molecular complexity index is 1150. The van der Waals surface area contributed by atoms with Crippen molar-refractivity contribution in [3.8, 4) is 11.5 Å². The van der Waals surface area contributed by atoms with E-state index in [2.05, 4.69) is 22.1 Å². The molecular weight excluding hydrogens is 368 g/mol. The molecule has 0 bridgehead atoms. The number of nitrogens with zero attached hydrogens (tertiary/aromatic N) is 6. The van der Waals surface area contributed by atoms with Gasteiger partial charge in [-0.25, -0.2) is 14.5 Å². The first kappa shape index (κ1) is 16.2. The van der Waals surface area contributed by atoms with E-state index >= 15 is 0 Å². The maximum Gasteiger partial charge on any atom is 0.204 e. The van der Waals surface area contributed by atoms with Crippen LogP contribution in [0.5, 0.6) is 0 Å². The van der Waals surface area contributed by atoms with Crippen molar-refractivity contribution in [2.75, 3.05) is 0 Å². The minimum absolute atomic E-state index is 0.551. The zero-order chi connectivity index (χ0) is 18.0. The lowest BCUT2D eigenvalue weighted by Crippen LogP contribution is -2.11. The highest BCUT2D eigenvalue weighted by Crippen LogP contribution is 2.39. The third kappa shape index (κ3) is 2.23. The Hall–Kier alpha value is -1.99. The van der Waals surface area contributed by atoms with Crippen LogP contribution in [0.15, 0.2) is 6.33 Å². The first-order chi connectivity index (χ1) is 12.6. The Morgan fingerprint density at radius 3 is 2.92 bits per heavy atom. The number of hydrogen-bond acceptors (Lipinski definition) is 5. The lowest BCUT2D eigenvalue weighted by atomic mass is 9.86. The van der Waals surface area contributed by atoms with Crippen molar-refractivity contribution in [3.05, 3.63) is 27.5 Å². The standard InChI is InChI=1S/C18H19ClN6S/c1-4-10-5-6-11-12(7-10)26-18-13(11)17-21-16(23-25(17)8-20-18)15-14(19)9(2)24(3)22-15/h8,10H,4-7H2,1-3H3/t10-/m1/s1. The summed E-state index contributed by atoms with van der Waals surface area (Å²) in [5.74, 6) is 1.34. The Kier molecular flexibility index (Phi) is 3.59. The van der Waals surface area contributed by atoms with Gasteiger partial charge in [-0.15, -0.1) is 16.4 Å². The van der Waals surface area contributed by atoms with Crippen LogP contribution in [0.25, 0.3) is 27.4 Å². The molecular formula is C18H19ClN6S. The highest BCUT2D eigenvalue weighted by atomic mass is 35.5. The van der Waals surface area contributed by atoms with Crippen LogP contribution in [0.2, 0.25) is 5.02 Å². The molecule has 1 aliphatic rings. The minimum atomic E-state index is 0.551. The van der Waals surface area contributed by atoms with E-state index in [1.165, 1.54) is 23.3 Å². The third-order valence-corrected chi connectivity index (χ3v) is 7.15. The van der Waals surface area contributed by atoms with Crippen LogP contribution in [-0.4, -0.2) is 29.4 Å². The van der Waals surface area contributed by atoms with Crippen molar-refractivity contribution >= 4 is 38.8 Å². The number of halogens is 1. The van der Waals surface area contributed by atoms with Crippen molar-refractivity contribution in [3.63, 3.8) is 0 Å². The molecule has 6 nitrogen and oxygen atoms in total. The zero-order valence-electron chi connectivity index (χ0n) is 15.0. The second-order valence-electron chi connectivity index (χ2n) is 7.02. The molecule has 4 aromatic heterocycles. The van der Waals surface area contributed by atoms with Gasteiger partial charge in [0, 0.05) is 11.9 Å². The Balaban J connectivity index is 1.72. The highest BCUT2D eigenvalue weighted by Gasteiger charge is 2.25. The third-order valence-electron chi connectivity index (χ3n) is 5.54. The van der Waals surface area contributed by atoms with Crippen molar-refractivity contribution in [1.29, 1.82) is 0 Å². The van der Waals surface area contributed by atoms with Gasteiger partial charge in [-0.3, -0.25) is 4.68 Å². The average molecular weight is 387 g/mol. The maximum absolute atomic E-state index is 6.43. The first-order valence-electron chi connectivity index (χ1n) is 8.92. The van der Waals surface area contributed by atoms with Gasteiger partial charge in [-0.05, 0) is 37.7 Å². The predicted octanol–water partition coefficient (Wildman–Crippen LogP) is 4.22. The molecule has 5 rings (SSSR count). The van der Waals surface area contributed by atoms with Crippen LogP contribution in [0.1, 0.15) is 35.9 Å². The molecule has 0 aliphatic heterocycles. The van der Waals surface area contributed by atoms with E-state index in [4.69, 9.17) is 16.6 Å². The van der Waals surface area contributed by atoms with E-state index in [1.807, 2.05) is 25.3 Å². The summed E-state index contributed by atoms with van der Waals surface area (Å²) in [7, 11) is 1.87. The van der Waals surface area contributed by atoms with Gasteiger partial charge >= 0.3 is 0 Å². The van der Waals surface area contributed by atoms with Crippen LogP contribution < -0.4 is 0 Å². The molecule has 26 heavy (non-hydrogen) atoms. The Morgan fingerprint density at radius 2 is 2.19 bits per heavy atom. The number of aromatic nitrogens is 6. The monoisotopic (exact) mass is 386 g/mol. The summed E-state index contributed by atoms with van der Waals surface area (Å²) in [4.78, 5) is 12.0. The maximum atomic E-state index is 6.43. The molecule has 0 radical (unpaired) electrons. The van der Waals surface area contributed by atoms with E-state index in [1.54, 1.807) is 15.5 Å². The van der Waals surface area contributed by atoms with Crippen molar-refractivity contribution in [2.45, 2.75) is 39.5 Å². The van der Waals surface area contributed by atoms with E-state index < -0.39 is 0 Å². The van der Waals surface area contributed by atoms with E-state index in [9.17, 15) is 0 Å². The summed E-state index contributed by atoms with van der Waals surface area (Å²) in [5, 5.41) is 10.8. The second-order valence-corrected chi connectivity index (χ2v) is 8.48. The fourth-order valence-electron chi connectivity index (χ4n) is 3.82. The summed E-state index contributed by atoms with van der Waals surface area (Å²) in [6.45, 7) is 4.22. The Morgan fingerprint density at radius 1 is 1.35 bits per heavy atom. The topological polar surface area (TPSA) is 60.9 Å². The molecule has 1 aliphatic carbocycles. The minimum Gasteiger partial charge on any atom is -0.271 e. The predicted molar refractivity (Wildman–Crippen MR) is 104 cm³/mol. The van der Waals surface area contributed by atoms with Crippen molar-refractivity contribution < 1.29 is 0 Å². The van der Waals surface area contributed by atoms with Gasteiger partial charge in [-0.2, -0.15) is 5.10 Å². The quantitative estimate of drug-likeness (QED) is 0.517. The second kappa shape index (κ2) is 5.76. The molecule has 134 valence electrons. The summed E-state index contributed by atoms with van der Waals surface area (Å²) in [6, 6.07) is 0. The van der Waals surface area contributed by atoms with Gasteiger partial charge in [0.05, 0.1) is 16.1 Å². The molecule has 0 fully saturated rings. The van der Waals surface area contributed by atoms with Crippen LogP contribution in [0, 0.1) is 12.8 Å². The lowest BCUT2D eigenvalue weighted by Gasteiger charge is -2.20. The molecule has 1 atom stereocenters.